The monoisotopic (exact) mass is 440 g/mol. The van der Waals surface area contributed by atoms with Gasteiger partial charge in [0.15, 0.2) is 17.3 Å². The van der Waals surface area contributed by atoms with E-state index >= 15 is 0 Å². The maximum absolute atomic E-state index is 13.7. The first-order valence-corrected chi connectivity index (χ1v) is 9.74. The number of carbonyl (C=O) groups excluding carboxylic acids is 1. The molecule has 4 N–H and O–H groups in total. The zero-order chi connectivity index (χ0) is 22.0. The topological polar surface area (TPSA) is 99.4 Å². The second kappa shape index (κ2) is 8.53. The minimum Gasteiger partial charge on any atom is -0.504 e. The Morgan fingerprint density at radius 3 is 2.55 bits per heavy atom. The molecule has 2 amide bonds. The van der Waals surface area contributed by atoms with Crippen molar-refractivity contribution in [2.45, 2.75) is 13.1 Å². The van der Waals surface area contributed by atoms with Crippen LogP contribution in [0, 0.1) is 5.82 Å². The molecule has 0 aliphatic carbocycles. The van der Waals surface area contributed by atoms with Crippen molar-refractivity contribution in [1.82, 2.24) is 15.1 Å². The average Bonchev–Trinajstić information content (AvgIpc) is 3.09. The van der Waals surface area contributed by atoms with Gasteiger partial charge >= 0.3 is 6.03 Å². The summed E-state index contributed by atoms with van der Waals surface area (Å²) in [6.07, 6.45) is 0. The number of fused-ring (bicyclic) bond motifs is 1. The number of nitrogens with one attached hydrogen (secondary N) is 2. The van der Waals surface area contributed by atoms with Crippen LogP contribution in [0.5, 0.6) is 11.5 Å². The summed E-state index contributed by atoms with van der Waals surface area (Å²) in [7, 11) is 0. The molecule has 0 spiro atoms. The fourth-order valence-corrected chi connectivity index (χ4v) is 3.40. The number of amides is 2. The van der Waals surface area contributed by atoms with Crippen LogP contribution in [0.1, 0.15) is 11.1 Å². The molecule has 31 heavy (non-hydrogen) atoms. The van der Waals surface area contributed by atoms with Gasteiger partial charge in [0, 0.05) is 28.6 Å². The molecule has 1 aromatic heterocycles. The summed E-state index contributed by atoms with van der Waals surface area (Å²) in [5, 5.41) is 30.1. The van der Waals surface area contributed by atoms with Crippen LogP contribution in [0.2, 0.25) is 5.02 Å². The van der Waals surface area contributed by atoms with Crippen LogP contribution in [0.25, 0.3) is 10.9 Å². The first-order chi connectivity index (χ1) is 14.9. The highest BCUT2D eigenvalue weighted by Crippen LogP contribution is 2.32. The number of hydrogen-bond acceptors (Lipinski definition) is 4. The van der Waals surface area contributed by atoms with E-state index in [0.717, 1.165) is 5.52 Å². The van der Waals surface area contributed by atoms with Crippen LogP contribution < -0.4 is 10.6 Å². The number of urea groups is 1. The van der Waals surface area contributed by atoms with Gasteiger partial charge in [0.25, 0.3) is 0 Å². The van der Waals surface area contributed by atoms with E-state index in [-0.39, 0.29) is 29.6 Å². The van der Waals surface area contributed by atoms with Gasteiger partial charge in [-0.25, -0.2) is 9.18 Å². The summed E-state index contributed by atoms with van der Waals surface area (Å²) in [4.78, 5) is 12.4. The van der Waals surface area contributed by atoms with Crippen LogP contribution in [0.4, 0.5) is 15.0 Å². The molecule has 0 saturated heterocycles. The maximum Gasteiger partial charge on any atom is 0.320 e. The second-order valence-corrected chi connectivity index (χ2v) is 7.26. The Labute approximate surface area is 181 Å². The molecule has 0 bridgehead atoms. The van der Waals surface area contributed by atoms with Gasteiger partial charge in [-0.3, -0.25) is 10.00 Å². The molecule has 0 saturated carbocycles. The van der Waals surface area contributed by atoms with Crippen LogP contribution in [-0.2, 0) is 13.1 Å². The van der Waals surface area contributed by atoms with E-state index < -0.39 is 11.8 Å². The normalized spacial score (nSPS) is 10.9. The van der Waals surface area contributed by atoms with Gasteiger partial charge < -0.3 is 15.5 Å². The van der Waals surface area contributed by atoms with Gasteiger partial charge in [-0.15, -0.1) is 0 Å². The zero-order valence-corrected chi connectivity index (χ0v) is 16.9. The number of rotatable bonds is 5. The van der Waals surface area contributed by atoms with Crippen molar-refractivity contribution in [2.24, 2.45) is 0 Å². The molecule has 0 aliphatic rings. The number of phenols is 2. The van der Waals surface area contributed by atoms with E-state index in [9.17, 15) is 19.4 Å². The third-order valence-corrected chi connectivity index (χ3v) is 5.10. The van der Waals surface area contributed by atoms with E-state index in [0.29, 0.717) is 22.3 Å². The number of nitrogens with zero attached hydrogens (tertiary/aromatic N) is 2. The van der Waals surface area contributed by atoms with Crippen LogP contribution in [0.3, 0.4) is 0 Å². The smallest absolute Gasteiger partial charge is 0.320 e. The van der Waals surface area contributed by atoms with Crippen molar-refractivity contribution in [3.05, 3.63) is 82.6 Å². The summed E-state index contributed by atoms with van der Waals surface area (Å²) < 4.78 is 15.4. The molecular weight excluding hydrogens is 423 g/mol. The SMILES string of the molecule is O=C(NCc1ccccc1F)Nc1nn(Cc2cc(O)c(O)cc2Cl)c2ccccc12. The molecule has 0 radical (unpaired) electrons. The fraction of sp³-hybridized carbons (Fsp3) is 0.0909. The molecule has 4 aromatic rings. The molecule has 3 aromatic carbocycles. The number of benzene rings is 3. The molecule has 0 unspecified atom stereocenters. The van der Waals surface area contributed by atoms with E-state index in [4.69, 9.17) is 11.6 Å². The Morgan fingerprint density at radius 2 is 1.74 bits per heavy atom. The number of phenolic OH excluding ortho intramolecular Hbond substituents is 2. The fourth-order valence-electron chi connectivity index (χ4n) is 3.19. The van der Waals surface area contributed by atoms with Crippen molar-refractivity contribution < 1.29 is 19.4 Å². The quantitative estimate of drug-likeness (QED) is 0.340. The van der Waals surface area contributed by atoms with Crippen molar-refractivity contribution in [1.29, 1.82) is 0 Å². The average molecular weight is 441 g/mol. The molecule has 0 atom stereocenters. The van der Waals surface area contributed by atoms with Crippen LogP contribution >= 0.6 is 11.6 Å². The molecule has 0 aliphatic heterocycles. The van der Waals surface area contributed by atoms with Gasteiger partial charge in [-0.1, -0.05) is 41.9 Å². The highest BCUT2D eigenvalue weighted by molar-refractivity contribution is 6.31. The Balaban J connectivity index is 1.56. The Morgan fingerprint density at radius 1 is 1.03 bits per heavy atom. The van der Waals surface area contributed by atoms with Crippen LogP contribution in [0.15, 0.2) is 60.7 Å². The molecule has 7 nitrogen and oxygen atoms in total. The Kier molecular flexibility index (Phi) is 5.64. The summed E-state index contributed by atoms with van der Waals surface area (Å²) in [5.41, 5.74) is 1.64. The highest BCUT2D eigenvalue weighted by Gasteiger charge is 2.15. The number of para-hydroxylation sites is 1. The maximum atomic E-state index is 13.7. The summed E-state index contributed by atoms with van der Waals surface area (Å²) in [6, 6.07) is 15.6. The molecule has 4 rings (SSSR count). The third kappa shape index (κ3) is 4.39. The number of halogens is 2. The zero-order valence-electron chi connectivity index (χ0n) is 16.1. The lowest BCUT2D eigenvalue weighted by Crippen LogP contribution is -2.28. The minimum atomic E-state index is -0.529. The Hall–Kier alpha value is -3.78. The summed E-state index contributed by atoms with van der Waals surface area (Å²) in [5.74, 6) is -0.679. The molecule has 0 fully saturated rings. The predicted molar refractivity (Wildman–Crippen MR) is 116 cm³/mol. The number of anilines is 1. The van der Waals surface area contributed by atoms with Crippen molar-refractivity contribution in [3.63, 3.8) is 0 Å². The third-order valence-electron chi connectivity index (χ3n) is 4.75. The largest absolute Gasteiger partial charge is 0.504 e. The van der Waals surface area contributed by atoms with Gasteiger partial charge in [-0.2, -0.15) is 5.10 Å². The molecule has 9 heteroatoms. The number of aromatic nitrogens is 2. The Bertz CT molecular complexity index is 1280. The van der Waals surface area contributed by atoms with Crippen molar-refractivity contribution in [2.75, 3.05) is 5.32 Å². The van der Waals surface area contributed by atoms with Gasteiger partial charge in [0.1, 0.15) is 5.82 Å². The number of hydrogen-bond donors (Lipinski definition) is 4. The predicted octanol–water partition coefficient (Wildman–Crippen LogP) is 4.61. The minimum absolute atomic E-state index is 0.0273. The van der Waals surface area contributed by atoms with E-state index in [1.54, 1.807) is 28.9 Å². The van der Waals surface area contributed by atoms with Crippen LogP contribution in [-0.4, -0.2) is 26.0 Å². The lowest BCUT2D eigenvalue weighted by Gasteiger charge is -2.08. The standard InChI is InChI=1S/C22H18ClFN4O3/c23-16-10-20(30)19(29)9-14(16)12-28-18-8-4-2-6-15(18)21(27-28)26-22(31)25-11-13-5-1-3-7-17(13)24/h1-10,29-30H,11-12H2,(H2,25,26,27,31). The summed E-state index contributed by atoms with van der Waals surface area (Å²) >= 11 is 6.18. The van der Waals surface area contributed by atoms with Gasteiger partial charge in [-0.05, 0) is 29.8 Å². The van der Waals surface area contributed by atoms with E-state index in [1.807, 2.05) is 18.2 Å². The molecule has 1 heterocycles. The van der Waals surface area contributed by atoms with Crippen molar-refractivity contribution >= 4 is 34.4 Å². The first-order valence-electron chi connectivity index (χ1n) is 9.36. The van der Waals surface area contributed by atoms with Gasteiger partial charge in [0.2, 0.25) is 0 Å². The van der Waals surface area contributed by atoms with E-state index in [2.05, 4.69) is 15.7 Å². The highest BCUT2D eigenvalue weighted by atomic mass is 35.5. The summed E-state index contributed by atoms with van der Waals surface area (Å²) in [6.45, 7) is 0.227. The molecular formula is C22H18ClFN4O3. The molecule has 158 valence electrons. The van der Waals surface area contributed by atoms with E-state index in [1.165, 1.54) is 18.2 Å². The lowest BCUT2D eigenvalue weighted by molar-refractivity contribution is 0.251. The lowest BCUT2D eigenvalue weighted by atomic mass is 10.2. The van der Waals surface area contributed by atoms with Gasteiger partial charge in [0.05, 0.1) is 12.1 Å². The first kappa shape index (κ1) is 20.5. The number of carbonyl (C=O) groups is 1. The number of aromatic hydroxyl groups is 2. The van der Waals surface area contributed by atoms with Crippen molar-refractivity contribution in [3.8, 4) is 11.5 Å². The second-order valence-electron chi connectivity index (χ2n) is 6.85.